The lowest BCUT2D eigenvalue weighted by atomic mass is 10.1. The Labute approximate surface area is 123 Å². The number of amides is 1. The molecule has 2 aromatic carbocycles. The van der Waals surface area contributed by atoms with Gasteiger partial charge in [-0.15, -0.1) is 0 Å². The van der Waals surface area contributed by atoms with Gasteiger partial charge in [-0.1, -0.05) is 0 Å². The maximum Gasteiger partial charge on any atom is 0.335 e. The van der Waals surface area contributed by atoms with Gasteiger partial charge in [-0.2, -0.15) is 0 Å². The van der Waals surface area contributed by atoms with Gasteiger partial charge in [0.05, 0.1) is 16.2 Å². The van der Waals surface area contributed by atoms with Crippen molar-refractivity contribution in [3.05, 3.63) is 63.7 Å². The molecule has 8 heteroatoms. The van der Waals surface area contributed by atoms with E-state index >= 15 is 0 Å². The second kappa shape index (κ2) is 5.92. The molecule has 1 amide bonds. The summed E-state index contributed by atoms with van der Waals surface area (Å²) in [5.74, 6) is -2.13. The van der Waals surface area contributed by atoms with Gasteiger partial charge in [-0.3, -0.25) is 14.9 Å². The number of benzene rings is 2. The Balaban J connectivity index is 2.23. The summed E-state index contributed by atoms with van der Waals surface area (Å²) in [6, 6.07) is 8.30. The number of aromatic carboxylic acids is 1. The van der Waals surface area contributed by atoms with Crippen molar-refractivity contribution < 1.29 is 24.7 Å². The van der Waals surface area contributed by atoms with Gasteiger partial charge in [-0.05, 0) is 30.3 Å². The van der Waals surface area contributed by atoms with E-state index in [0.717, 1.165) is 12.1 Å². The van der Waals surface area contributed by atoms with Crippen molar-refractivity contribution in [2.45, 2.75) is 0 Å². The largest absolute Gasteiger partial charge is 0.506 e. The SMILES string of the molecule is O=C(O)c1ccc(O)c(NC(=O)c2ccc([N+](=O)[O-])cc2)c1. The van der Waals surface area contributed by atoms with Crippen LogP contribution in [0.4, 0.5) is 11.4 Å². The Morgan fingerprint density at radius 1 is 1.05 bits per heavy atom. The van der Waals surface area contributed by atoms with E-state index in [-0.39, 0.29) is 28.3 Å². The van der Waals surface area contributed by atoms with Gasteiger partial charge < -0.3 is 15.5 Å². The number of carboxylic acids is 1. The number of carboxylic acid groups (broad SMARTS) is 1. The lowest BCUT2D eigenvalue weighted by Gasteiger charge is -2.08. The smallest absolute Gasteiger partial charge is 0.335 e. The van der Waals surface area contributed by atoms with Crippen molar-refractivity contribution >= 4 is 23.3 Å². The molecule has 0 aliphatic rings. The number of hydrogen-bond acceptors (Lipinski definition) is 5. The molecular formula is C14H10N2O6. The first-order valence-electron chi connectivity index (χ1n) is 6.00. The molecular weight excluding hydrogens is 292 g/mol. The number of carbonyl (C=O) groups excluding carboxylic acids is 1. The molecule has 0 saturated heterocycles. The standard InChI is InChI=1S/C14H10N2O6/c17-12-6-3-9(14(19)20)7-11(12)15-13(18)8-1-4-10(5-2-8)16(21)22/h1-7,17H,(H,15,18)(H,19,20). The number of phenols is 1. The van der Waals surface area contributed by atoms with Crippen LogP contribution >= 0.6 is 0 Å². The molecule has 0 atom stereocenters. The van der Waals surface area contributed by atoms with Crippen molar-refractivity contribution in [3.8, 4) is 5.75 Å². The van der Waals surface area contributed by atoms with Crippen molar-refractivity contribution in [1.82, 2.24) is 0 Å². The second-order valence-corrected chi connectivity index (χ2v) is 4.30. The molecule has 0 aromatic heterocycles. The van der Waals surface area contributed by atoms with Crippen LogP contribution in [0.1, 0.15) is 20.7 Å². The van der Waals surface area contributed by atoms with Crippen LogP contribution in [0.3, 0.4) is 0 Å². The third-order valence-corrected chi connectivity index (χ3v) is 2.83. The summed E-state index contributed by atoms with van der Waals surface area (Å²) >= 11 is 0. The number of rotatable bonds is 4. The highest BCUT2D eigenvalue weighted by molar-refractivity contribution is 6.05. The van der Waals surface area contributed by atoms with E-state index in [2.05, 4.69) is 5.32 Å². The summed E-state index contributed by atoms with van der Waals surface area (Å²) in [7, 11) is 0. The third kappa shape index (κ3) is 3.18. The maximum absolute atomic E-state index is 12.0. The molecule has 2 aromatic rings. The number of nitro groups is 1. The predicted octanol–water partition coefficient (Wildman–Crippen LogP) is 2.25. The lowest BCUT2D eigenvalue weighted by Crippen LogP contribution is -2.12. The molecule has 0 bridgehead atoms. The summed E-state index contributed by atoms with van der Waals surface area (Å²) < 4.78 is 0. The summed E-state index contributed by atoms with van der Waals surface area (Å²) in [5.41, 5.74) is -0.196. The zero-order valence-corrected chi connectivity index (χ0v) is 11.0. The molecule has 0 fully saturated rings. The minimum atomic E-state index is -1.20. The number of nitrogens with one attached hydrogen (secondary N) is 1. The molecule has 0 heterocycles. The molecule has 2 rings (SSSR count). The molecule has 0 spiro atoms. The summed E-state index contributed by atoms with van der Waals surface area (Å²) in [6.07, 6.45) is 0. The molecule has 3 N–H and O–H groups in total. The van der Waals surface area contributed by atoms with E-state index < -0.39 is 16.8 Å². The Hall–Kier alpha value is -3.42. The van der Waals surface area contributed by atoms with Gasteiger partial charge in [0.15, 0.2) is 0 Å². The van der Waals surface area contributed by atoms with E-state index in [0.29, 0.717) is 0 Å². The number of carbonyl (C=O) groups is 2. The second-order valence-electron chi connectivity index (χ2n) is 4.30. The van der Waals surface area contributed by atoms with E-state index in [1.165, 1.54) is 30.3 Å². The van der Waals surface area contributed by atoms with Gasteiger partial charge >= 0.3 is 5.97 Å². The Bertz CT molecular complexity index is 754. The zero-order chi connectivity index (χ0) is 16.3. The maximum atomic E-state index is 12.0. The minimum absolute atomic E-state index is 0.0664. The Kier molecular flexibility index (Phi) is 4.03. The van der Waals surface area contributed by atoms with Crippen molar-refractivity contribution in [2.75, 3.05) is 5.32 Å². The Morgan fingerprint density at radius 3 is 2.18 bits per heavy atom. The highest BCUT2D eigenvalue weighted by atomic mass is 16.6. The monoisotopic (exact) mass is 302 g/mol. The minimum Gasteiger partial charge on any atom is -0.506 e. The van der Waals surface area contributed by atoms with Crippen LogP contribution in [0, 0.1) is 10.1 Å². The fraction of sp³-hybridized carbons (Fsp3) is 0. The topological polar surface area (TPSA) is 130 Å². The summed E-state index contributed by atoms with van der Waals surface area (Å²) in [6.45, 7) is 0. The zero-order valence-electron chi connectivity index (χ0n) is 11.0. The van der Waals surface area contributed by atoms with E-state index in [1.54, 1.807) is 0 Å². The molecule has 8 nitrogen and oxygen atoms in total. The van der Waals surface area contributed by atoms with Crippen molar-refractivity contribution in [1.29, 1.82) is 0 Å². The molecule has 0 radical (unpaired) electrons. The first-order chi connectivity index (χ1) is 10.4. The third-order valence-electron chi connectivity index (χ3n) is 2.83. The van der Waals surface area contributed by atoms with Crippen LogP contribution in [0.5, 0.6) is 5.75 Å². The number of anilines is 1. The molecule has 22 heavy (non-hydrogen) atoms. The van der Waals surface area contributed by atoms with Crippen LogP contribution < -0.4 is 5.32 Å². The number of non-ortho nitro benzene ring substituents is 1. The van der Waals surface area contributed by atoms with Crippen LogP contribution in [0.2, 0.25) is 0 Å². The van der Waals surface area contributed by atoms with Gasteiger partial charge in [-0.25, -0.2) is 4.79 Å². The van der Waals surface area contributed by atoms with Crippen LogP contribution in [0.25, 0.3) is 0 Å². The van der Waals surface area contributed by atoms with Crippen LogP contribution in [-0.2, 0) is 0 Å². The average Bonchev–Trinajstić information content (AvgIpc) is 2.49. The average molecular weight is 302 g/mol. The van der Waals surface area contributed by atoms with E-state index in [4.69, 9.17) is 5.11 Å². The first kappa shape index (κ1) is 15.0. The highest BCUT2D eigenvalue weighted by Gasteiger charge is 2.13. The fourth-order valence-electron chi connectivity index (χ4n) is 1.70. The van der Waals surface area contributed by atoms with Gasteiger partial charge in [0.25, 0.3) is 11.6 Å². The Morgan fingerprint density at radius 2 is 1.64 bits per heavy atom. The highest BCUT2D eigenvalue weighted by Crippen LogP contribution is 2.25. The normalized spacial score (nSPS) is 10.0. The van der Waals surface area contributed by atoms with Gasteiger partial charge in [0, 0.05) is 17.7 Å². The quantitative estimate of drug-likeness (QED) is 0.451. The lowest BCUT2D eigenvalue weighted by molar-refractivity contribution is -0.384. The number of nitro benzene ring substituents is 1. The van der Waals surface area contributed by atoms with Crippen LogP contribution in [0.15, 0.2) is 42.5 Å². The number of hydrogen-bond donors (Lipinski definition) is 3. The van der Waals surface area contributed by atoms with E-state index in [9.17, 15) is 24.8 Å². The number of phenolic OH excluding ortho intramolecular Hbond substituents is 1. The van der Waals surface area contributed by atoms with Gasteiger partial charge in [0.2, 0.25) is 0 Å². The molecule has 0 aliphatic carbocycles. The molecule has 0 unspecified atom stereocenters. The molecule has 0 aliphatic heterocycles. The van der Waals surface area contributed by atoms with Gasteiger partial charge in [0.1, 0.15) is 5.75 Å². The van der Waals surface area contributed by atoms with Crippen molar-refractivity contribution in [2.24, 2.45) is 0 Å². The molecule has 0 saturated carbocycles. The van der Waals surface area contributed by atoms with Crippen LogP contribution in [-0.4, -0.2) is 27.0 Å². The van der Waals surface area contributed by atoms with E-state index in [1.807, 2.05) is 0 Å². The predicted molar refractivity (Wildman–Crippen MR) is 76.1 cm³/mol. The number of nitrogens with zero attached hydrogens (tertiary/aromatic N) is 1. The van der Waals surface area contributed by atoms with Crippen molar-refractivity contribution in [3.63, 3.8) is 0 Å². The first-order valence-corrected chi connectivity index (χ1v) is 6.00. The summed E-state index contributed by atoms with van der Waals surface area (Å²) in [5, 5.41) is 31.4. The molecule has 112 valence electrons. The summed E-state index contributed by atoms with van der Waals surface area (Å²) in [4.78, 5) is 32.8. The number of aromatic hydroxyl groups is 1. The fourth-order valence-corrected chi connectivity index (χ4v) is 1.70.